The highest BCUT2D eigenvalue weighted by Crippen LogP contribution is 2.26. The summed E-state index contributed by atoms with van der Waals surface area (Å²) in [7, 11) is -2.89. The predicted octanol–water partition coefficient (Wildman–Crippen LogP) is 4.17. The largest absolute Gasteiger partial charge is 0.449 e. The molecule has 1 amide bonds. The number of ether oxygens (including phenoxy) is 1. The Morgan fingerprint density at radius 1 is 1.16 bits per heavy atom. The summed E-state index contributed by atoms with van der Waals surface area (Å²) in [6.45, 7) is -0.232. The third kappa shape index (κ3) is 5.18. The average Bonchev–Trinajstić information content (AvgIpc) is 2.52. The van der Waals surface area contributed by atoms with Crippen molar-refractivity contribution in [3.8, 4) is 0 Å². The van der Waals surface area contributed by atoms with E-state index in [2.05, 4.69) is 25.0 Å². The molecule has 0 N–H and O–H groups in total. The van der Waals surface area contributed by atoms with E-state index in [4.69, 9.17) is 11.6 Å². The van der Waals surface area contributed by atoms with Crippen molar-refractivity contribution in [2.75, 3.05) is 0 Å². The number of ketones is 1. The summed E-state index contributed by atoms with van der Waals surface area (Å²) >= 11 is 9.12. The molecule has 25 heavy (non-hydrogen) atoms. The molecule has 2 aromatic rings. The summed E-state index contributed by atoms with van der Waals surface area (Å²) in [5, 5.41) is -0.0119. The third-order valence-electron chi connectivity index (χ3n) is 2.97. The molecule has 0 spiro atoms. The van der Waals surface area contributed by atoms with Crippen molar-refractivity contribution >= 4 is 49.9 Å². The van der Waals surface area contributed by atoms with Gasteiger partial charge in [-0.2, -0.15) is 8.42 Å². The van der Waals surface area contributed by atoms with Gasteiger partial charge in [-0.1, -0.05) is 38.0 Å². The quantitative estimate of drug-likeness (QED) is 0.655. The molecule has 0 unspecified atom stereocenters. The van der Waals surface area contributed by atoms with Crippen molar-refractivity contribution in [2.45, 2.75) is 6.61 Å². The summed E-state index contributed by atoms with van der Waals surface area (Å²) in [4.78, 5) is 23.5. The summed E-state index contributed by atoms with van der Waals surface area (Å²) < 4.78 is 41.2. The van der Waals surface area contributed by atoms with Gasteiger partial charge in [0.15, 0.2) is 5.78 Å². The molecule has 2 rings (SSSR count). The molecule has 0 aliphatic heterocycles. The first-order valence-electron chi connectivity index (χ1n) is 6.54. The van der Waals surface area contributed by atoms with Crippen LogP contribution in [-0.2, 0) is 21.8 Å². The van der Waals surface area contributed by atoms with Crippen molar-refractivity contribution in [1.29, 1.82) is 0 Å². The molecular weight excluding hydrogens is 441 g/mol. The molecule has 0 fully saturated rings. The minimum absolute atomic E-state index is 0.0119. The van der Waals surface area contributed by atoms with Crippen molar-refractivity contribution in [3.05, 3.63) is 68.4 Å². The lowest BCUT2D eigenvalue weighted by atomic mass is 10.0. The molecule has 6 nitrogen and oxygen atoms in total. The van der Waals surface area contributed by atoms with E-state index in [-0.39, 0.29) is 22.8 Å². The summed E-state index contributed by atoms with van der Waals surface area (Å²) in [5.74, 6) is -0.973. The number of carbonyl (C=O) groups excluding carboxylic acids is 2. The number of hydrogen-bond acceptors (Lipinski definition) is 5. The highest BCUT2D eigenvalue weighted by Gasteiger charge is 2.16. The summed E-state index contributed by atoms with van der Waals surface area (Å²) in [5.41, 5.74) is 0.905. The van der Waals surface area contributed by atoms with Crippen LogP contribution in [0.2, 0.25) is 5.02 Å². The van der Waals surface area contributed by atoms with Gasteiger partial charge in [-0.15, -0.1) is 0 Å². The molecule has 0 saturated heterocycles. The lowest BCUT2D eigenvalue weighted by Crippen LogP contribution is -2.05. The van der Waals surface area contributed by atoms with Gasteiger partial charge in [0.25, 0.3) is 0 Å². The first-order chi connectivity index (χ1) is 11.8. The van der Waals surface area contributed by atoms with Gasteiger partial charge < -0.3 is 4.74 Å². The summed E-state index contributed by atoms with van der Waals surface area (Å²) in [6.07, 6.45) is -1.25. The van der Waals surface area contributed by atoms with Crippen LogP contribution >= 0.6 is 27.5 Å². The smallest absolute Gasteiger partial charge is 0.442 e. The Morgan fingerprint density at radius 3 is 2.44 bits per heavy atom. The molecule has 0 aromatic heterocycles. The van der Waals surface area contributed by atoms with E-state index in [1.54, 1.807) is 0 Å². The van der Waals surface area contributed by atoms with E-state index in [1.807, 2.05) is 0 Å². The summed E-state index contributed by atoms with van der Waals surface area (Å²) in [6, 6.07) is 7.96. The molecule has 0 heterocycles. The molecular formula is C15H8BrClFNO5S. The third-order valence-corrected chi connectivity index (χ3v) is 4.23. The molecule has 0 atom stereocenters. The molecule has 2 aromatic carbocycles. The zero-order valence-corrected chi connectivity index (χ0v) is 15.4. The number of amides is 1. The average molecular weight is 449 g/mol. The maximum Gasteiger partial charge on any atom is 0.449 e. The number of halogens is 3. The Balaban J connectivity index is 2.20. The van der Waals surface area contributed by atoms with Gasteiger partial charge in [-0.05, 0) is 35.9 Å². The van der Waals surface area contributed by atoms with Crippen LogP contribution in [0.5, 0.6) is 0 Å². The van der Waals surface area contributed by atoms with Gasteiger partial charge in [0.05, 0.1) is 5.02 Å². The zero-order chi connectivity index (χ0) is 18.6. The Kier molecular flexibility index (Phi) is 6.40. The van der Waals surface area contributed by atoms with Crippen LogP contribution in [0, 0.1) is 5.82 Å². The van der Waals surface area contributed by atoms with Crippen LogP contribution < -0.4 is 0 Å². The van der Waals surface area contributed by atoms with E-state index in [0.29, 0.717) is 10.0 Å². The van der Waals surface area contributed by atoms with Gasteiger partial charge in [0.2, 0.25) is 0 Å². The number of hydrogen-bond donors (Lipinski definition) is 0. The van der Waals surface area contributed by atoms with Crippen molar-refractivity contribution < 1.29 is 27.1 Å². The first-order valence-corrected chi connectivity index (χ1v) is 8.74. The molecule has 0 aliphatic carbocycles. The molecule has 0 bridgehead atoms. The second-order valence-electron chi connectivity index (χ2n) is 4.63. The van der Waals surface area contributed by atoms with Gasteiger partial charge in [0.1, 0.15) is 12.4 Å². The fourth-order valence-electron chi connectivity index (χ4n) is 1.88. The van der Waals surface area contributed by atoms with Gasteiger partial charge in [-0.3, -0.25) is 4.79 Å². The lowest BCUT2D eigenvalue weighted by Gasteiger charge is -2.08. The highest BCUT2D eigenvalue weighted by atomic mass is 79.9. The second-order valence-corrected chi connectivity index (χ2v) is 6.51. The Hall–Kier alpha value is -2.10. The lowest BCUT2D eigenvalue weighted by molar-refractivity contribution is 0.103. The van der Waals surface area contributed by atoms with Crippen LogP contribution in [0.4, 0.5) is 9.18 Å². The van der Waals surface area contributed by atoms with Crippen molar-refractivity contribution in [2.24, 2.45) is 4.36 Å². The number of nitrogens with zero attached hydrogens (tertiary/aromatic N) is 1. The van der Waals surface area contributed by atoms with Crippen LogP contribution in [-0.4, -0.2) is 20.3 Å². The van der Waals surface area contributed by atoms with E-state index in [0.717, 1.165) is 12.1 Å². The van der Waals surface area contributed by atoms with E-state index >= 15 is 0 Å². The van der Waals surface area contributed by atoms with Gasteiger partial charge in [-0.25, -0.2) is 9.18 Å². The standard InChI is InChI=1S/C15H8BrClFNO5S/c16-12-5-8(7-24-15(21)19-25(22)23)1-3-10(12)14(20)11-4-2-9(18)6-13(11)17/h1-6H,7H2. The fraction of sp³-hybridized carbons (Fsp3) is 0.0667. The van der Waals surface area contributed by atoms with Crippen molar-refractivity contribution in [3.63, 3.8) is 0 Å². The van der Waals surface area contributed by atoms with Gasteiger partial charge in [0, 0.05) is 15.6 Å². The Labute approximate surface area is 156 Å². The monoisotopic (exact) mass is 447 g/mol. The molecule has 0 aliphatic rings. The normalized spacial score (nSPS) is 10.2. The predicted molar refractivity (Wildman–Crippen MR) is 90.5 cm³/mol. The minimum Gasteiger partial charge on any atom is -0.442 e. The molecule has 0 radical (unpaired) electrons. The zero-order valence-electron chi connectivity index (χ0n) is 12.2. The Morgan fingerprint density at radius 2 is 1.84 bits per heavy atom. The second kappa shape index (κ2) is 8.32. The number of carbonyl (C=O) groups is 2. The SMILES string of the molecule is O=C(N=S(=O)=O)OCc1ccc(C(=O)c2ccc(F)cc2Cl)c(Br)c1. The molecule has 0 saturated carbocycles. The van der Waals surface area contributed by atoms with E-state index < -0.39 is 28.2 Å². The maximum atomic E-state index is 13.1. The Bertz CT molecular complexity index is 985. The first kappa shape index (κ1) is 19.2. The molecule has 10 heteroatoms. The van der Waals surface area contributed by atoms with E-state index in [1.165, 1.54) is 24.3 Å². The van der Waals surface area contributed by atoms with Crippen LogP contribution in [0.25, 0.3) is 0 Å². The van der Waals surface area contributed by atoms with Crippen LogP contribution in [0.1, 0.15) is 21.5 Å². The highest BCUT2D eigenvalue weighted by molar-refractivity contribution is 9.10. The molecule has 130 valence electrons. The maximum absolute atomic E-state index is 13.1. The topological polar surface area (TPSA) is 89.9 Å². The van der Waals surface area contributed by atoms with Crippen molar-refractivity contribution in [1.82, 2.24) is 0 Å². The van der Waals surface area contributed by atoms with Crippen LogP contribution in [0.15, 0.2) is 45.2 Å². The number of benzene rings is 2. The van der Waals surface area contributed by atoms with E-state index in [9.17, 15) is 22.4 Å². The fourth-order valence-corrected chi connectivity index (χ4v) is 2.92. The number of rotatable bonds is 4. The van der Waals surface area contributed by atoms with Gasteiger partial charge >= 0.3 is 16.6 Å². The minimum atomic E-state index is -2.89. The van der Waals surface area contributed by atoms with Crippen LogP contribution in [0.3, 0.4) is 0 Å².